The van der Waals surface area contributed by atoms with Crippen molar-refractivity contribution in [2.75, 3.05) is 13.1 Å². The molecule has 0 heterocycles. The van der Waals surface area contributed by atoms with Crippen LogP contribution in [0.4, 0.5) is 0 Å². The Morgan fingerprint density at radius 2 is 2.09 bits per heavy atom. The second-order valence-electron chi connectivity index (χ2n) is 3.58. The molecule has 0 aromatic rings. The molecule has 0 aromatic heterocycles. The third-order valence-electron chi connectivity index (χ3n) is 2.72. The molecular weight excluding hydrogens is 136 g/mol. The zero-order valence-corrected chi connectivity index (χ0v) is 7.47. The molecule has 11 heavy (non-hydrogen) atoms. The van der Waals surface area contributed by atoms with E-state index in [0.717, 1.165) is 19.0 Å². The fourth-order valence-electron chi connectivity index (χ4n) is 1.94. The minimum Gasteiger partial charge on any atom is -0.329 e. The molecule has 1 atom stereocenters. The van der Waals surface area contributed by atoms with Gasteiger partial charge in [-0.1, -0.05) is 12.8 Å². The van der Waals surface area contributed by atoms with Crippen LogP contribution >= 0.6 is 0 Å². The average molecular weight is 156 g/mol. The summed E-state index contributed by atoms with van der Waals surface area (Å²) in [7, 11) is 0. The third kappa shape index (κ3) is 2.80. The van der Waals surface area contributed by atoms with Gasteiger partial charge in [-0.3, -0.25) is 0 Å². The van der Waals surface area contributed by atoms with E-state index in [2.05, 4.69) is 12.2 Å². The van der Waals surface area contributed by atoms with E-state index in [4.69, 9.17) is 5.73 Å². The minimum atomic E-state index is 0.682. The zero-order valence-electron chi connectivity index (χ0n) is 7.47. The molecule has 0 radical (unpaired) electrons. The molecule has 1 aliphatic carbocycles. The molecule has 3 N–H and O–H groups in total. The monoisotopic (exact) mass is 156 g/mol. The van der Waals surface area contributed by atoms with Crippen molar-refractivity contribution in [1.82, 2.24) is 5.32 Å². The molecular formula is C9H20N2. The van der Waals surface area contributed by atoms with E-state index in [-0.39, 0.29) is 0 Å². The summed E-state index contributed by atoms with van der Waals surface area (Å²) >= 11 is 0. The van der Waals surface area contributed by atoms with Crippen molar-refractivity contribution in [3.05, 3.63) is 0 Å². The van der Waals surface area contributed by atoms with E-state index in [1.54, 1.807) is 0 Å². The van der Waals surface area contributed by atoms with Gasteiger partial charge in [-0.15, -0.1) is 0 Å². The first kappa shape index (κ1) is 9.01. The van der Waals surface area contributed by atoms with Crippen LogP contribution in [-0.2, 0) is 0 Å². The van der Waals surface area contributed by atoms with Crippen molar-refractivity contribution < 1.29 is 0 Å². The predicted octanol–water partition coefficient (Wildman–Crippen LogP) is 1.11. The van der Waals surface area contributed by atoms with E-state index in [9.17, 15) is 0 Å². The number of nitrogens with one attached hydrogen (secondary N) is 1. The first-order valence-corrected chi connectivity index (χ1v) is 4.78. The van der Waals surface area contributed by atoms with Gasteiger partial charge in [0.25, 0.3) is 0 Å². The highest BCUT2D eigenvalue weighted by Gasteiger charge is 2.20. The van der Waals surface area contributed by atoms with Crippen LogP contribution in [0, 0.1) is 5.92 Å². The SMILES string of the molecule is C[C@@H](NCCN)C1CCCC1. The maximum Gasteiger partial charge on any atom is 0.00770 e. The van der Waals surface area contributed by atoms with E-state index >= 15 is 0 Å². The summed E-state index contributed by atoms with van der Waals surface area (Å²) < 4.78 is 0. The summed E-state index contributed by atoms with van der Waals surface area (Å²) in [6.45, 7) is 4.01. The van der Waals surface area contributed by atoms with Crippen LogP contribution in [0.3, 0.4) is 0 Å². The molecule has 2 nitrogen and oxygen atoms in total. The molecule has 0 unspecified atom stereocenters. The van der Waals surface area contributed by atoms with Gasteiger partial charge in [0.2, 0.25) is 0 Å². The van der Waals surface area contributed by atoms with Gasteiger partial charge in [0, 0.05) is 19.1 Å². The Morgan fingerprint density at radius 1 is 1.45 bits per heavy atom. The normalized spacial score (nSPS) is 22.4. The predicted molar refractivity (Wildman–Crippen MR) is 48.5 cm³/mol. The summed E-state index contributed by atoms with van der Waals surface area (Å²) in [6.07, 6.45) is 5.69. The highest BCUT2D eigenvalue weighted by molar-refractivity contribution is 4.76. The van der Waals surface area contributed by atoms with Crippen LogP contribution in [0.5, 0.6) is 0 Å². The van der Waals surface area contributed by atoms with Gasteiger partial charge < -0.3 is 11.1 Å². The Bertz CT molecular complexity index is 97.7. The van der Waals surface area contributed by atoms with Crippen LogP contribution in [-0.4, -0.2) is 19.1 Å². The molecule has 66 valence electrons. The molecule has 0 aromatic carbocycles. The van der Waals surface area contributed by atoms with Gasteiger partial charge in [0.05, 0.1) is 0 Å². The Kier molecular flexibility index (Phi) is 3.87. The number of rotatable bonds is 4. The van der Waals surface area contributed by atoms with E-state index in [1.807, 2.05) is 0 Å². The van der Waals surface area contributed by atoms with Crippen molar-refractivity contribution in [3.63, 3.8) is 0 Å². The molecule has 0 spiro atoms. The first-order chi connectivity index (χ1) is 5.34. The van der Waals surface area contributed by atoms with Crippen LogP contribution in [0.15, 0.2) is 0 Å². The molecule has 1 saturated carbocycles. The van der Waals surface area contributed by atoms with Crippen molar-refractivity contribution in [2.45, 2.75) is 38.6 Å². The Hall–Kier alpha value is -0.0800. The lowest BCUT2D eigenvalue weighted by Crippen LogP contribution is -2.35. The van der Waals surface area contributed by atoms with Crippen LogP contribution in [0.25, 0.3) is 0 Å². The van der Waals surface area contributed by atoms with Crippen LogP contribution in [0.2, 0.25) is 0 Å². The van der Waals surface area contributed by atoms with Crippen molar-refractivity contribution in [2.24, 2.45) is 11.7 Å². The van der Waals surface area contributed by atoms with E-state index in [1.165, 1.54) is 25.7 Å². The molecule has 1 fully saturated rings. The van der Waals surface area contributed by atoms with E-state index in [0.29, 0.717) is 6.04 Å². The number of nitrogens with two attached hydrogens (primary N) is 1. The highest BCUT2D eigenvalue weighted by atomic mass is 14.9. The molecule has 0 amide bonds. The van der Waals surface area contributed by atoms with E-state index < -0.39 is 0 Å². The van der Waals surface area contributed by atoms with Gasteiger partial charge in [-0.2, -0.15) is 0 Å². The standard InChI is InChI=1S/C9H20N2/c1-8(11-7-6-10)9-4-2-3-5-9/h8-9,11H,2-7,10H2,1H3/t8-/m1/s1. The van der Waals surface area contributed by atoms with Crippen LogP contribution in [0.1, 0.15) is 32.6 Å². The second-order valence-corrected chi connectivity index (χ2v) is 3.58. The van der Waals surface area contributed by atoms with Crippen molar-refractivity contribution in [1.29, 1.82) is 0 Å². The Labute approximate surface area is 69.5 Å². The topological polar surface area (TPSA) is 38.0 Å². The summed E-state index contributed by atoms with van der Waals surface area (Å²) in [5.74, 6) is 0.918. The molecule has 0 bridgehead atoms. The fourth-order valence-corrected chi connectivity index (χ4v) is 1.94. The molecule has 0 aliphatic heterocycles. The summed E-state index contributed by atoms with van der Waals surface area (Å²) in [5.41, 5.74) is 5.41. The highest BCUT2D eigenvalue weighted by Crippen LogP contribution is 2.27. The smallest absolute Gasteiger partial charge is 0.00770 e. The van der Waals surface area contributed by atoms with Gasteiger partial charge in [0.15, 0.2) is 0 Å². The largest absolute Gasteiger partial charge is 0.329 e. The third-order valence-corrected chi connectivity index (χ3v) is 2.72. The second kappa shape index (κ2) is 4.73. The van der Waals surface area contributed by atoms with Crippen molar-refractivity contribution in [3.8, 4) is 0 Å². The maximum atomic E-state index is 5.41. The Morgan fingerprint density at radius 3 is 2.64 bits per heavy atom. The summed E-state index contributed by atoms with van der Waals surface area (Å²) in [5, 5.41) is 3.45. The number of hydrogen-bond acceptors (Lipinski definition) is 2. The first-order valence-electron chi connectivity index (χ1n) is 4.78. The summed E-state index contributed by atoms with van der Waals surface area (Å²) in [6, 6.07) is 0.682. The summed E-state index contributed by atoms with van der Waals surface area (Å²) in [4.78, 5) is 0. The maximum absolute atomic E-state index is 5.41. The van der Waals surface area contributed by atoms with Crippen LogP contribution < -0.4 is 11.1 Å². The molecule has 1 aliphatic rings. The minimum absolute atomic E-state index is 0.682. The lowest BCUT2D eigenvalue weighted by molar-refractivity contribution is 0.386. The van der Waals surface area contributed by atoms with Crippen molar-refractivity contribution >= 4 is 0 Å². The van der Waals surface area contributed by atoms with Gasteiger partial charge in [0.1, 0.15) is 0 Å². The van der Waals surface area contributed by atoms with Gasteiger partial charge in [-0.05, 0) is 25.7 Å². The molecule has 0 saturated heterocycles. The Balaban J connectivity index is 2.12. The fraction of sp³-hybridized carbons (Fsp3) is 1.00. The lowest BCUT2D eigenvalue weighted by Gasteiger charge is -2.19. The lowest BCUT2D eigenvalue weighted by atomic mass is 10.00. The molecule has 2 heteroatoms. The van der Waals surface area contributed by atoms with Gasteiger partial charge in [-0.25, -0.2) is 0 Å². The number of hydrogen-bond donors (Lipinski definition) is 2. The molecule has 1 rings (SSSR count). The average Bonchev–Trinajstić information content (AvgIpc) is 2.52. The quantitative estimate of drug-likeness (QED) is 0.640. The van der Waals surface area contributed by atoms with Gasteiger partial charge >= 0.3 is 0 Å². The zero-order chi connectivity index (χ0) is 8.10.